The molecular weight excluding hydrogens is 451 g/mol. The van der Waals surface area contributed by atoms with Gasteiger partial charge in [0.25, 0.3) is 0 Å². The SMILES string of the molecule is CC(Cc1cnccn1)N1C=C(Cl)C(c2ccc3ncn(Cc4cccc(F)c4)c3c2)=CC1.N. The number of benzene rings is 2. The van der Waals surface area contributed by atoms with Crippen molar-refractivity contribution >= 4 is 28.2 Å². The highest BCUT2D eigenvalue weighted by atomic mass is 35.5. The van der Waals surface area contributed by atoms with Crippen molar-refractivity contribution in [3.8, 4) is 0 Å². The van der Waals surface area contributed by atoms with Gasteiger partial charge in [-0.1, -0.05) is 35.9 Å². The molecule has 8 heteroatoms. The Bertz CT molecular complexity index is 1350. The second-order valence-corrected chi connectivity index (χ2v) is 8.65. The normalized spacial score (nSPS) is 14.4. The molecule has 174 valence electrons. The molecule has 0 amide bonds. The smallest absolute Gasteiger partial charge is 0.123 e. The molecule has 0 spiro atoms. The summed E-state index contributed by atoms with van der Waals surface area (Å²) >= 11 is 6.73. The number of hydrogen-bond acceptors (Lipinski definition) is 5. The Balaban J connectivity index is 0.00000274. The number of halogens is 2. The van der Waals surface area contributed by atoms with Gasteiger partial charge in [-0.3, -0.25) is 9.97 Å². The van der Waals surface area contributed by atoms with E-state index in [9.17, 15) is 4.39 Å². The summed E-state index contributed by atoms with van der Waals surface area (Å²) in [6.07, 6.45) is 12.0. The standard InChI is InChI=1S/C26H23ClFN5.H3N/c1-18(11-22-14-29-8-9-30-22)32-10-7-23(24(27)16-32)20-5-6-25-26(13-20)33(17-31-25)15-19-3-2-4-21(28)12-19;/h2-9,12-14,16-18H,10-11,15H2,1H3;1H3. The number of hydrogen-bond donors (Lipinski definition) is 1. The van der Waals surface area contributed by atoms with E-state index in [0.717, 1.165) is 46.4 Å². The quantitative estimate of drug-likeness (QED) is 0.392. The summed E-state index contributed by atoms with van der Waals surface area (Å²) < 4.78 is 15.6. The molecule has 2 aromatic carbocycles. The van der Waals surface area contributed by atoms with Crippen LogP contribution in [-0.4, -0.2) is 37.0 Å². The molecule has 0 bridgehead atoms. The molecule has 4 aromatic rings. The highest BCUT2D eigenvalue weighted by Gasteiger charge is 2.19. The number of aromatic nitrogens is 4. The Kier molecular flexibility index (Phi) is 7.05. The van der Waals surface area contributed by atoms with Crippen LogP contribution in [0.5, 0.6) is 0 Å². The minimum atomic E-state index is -0.236. The highest BCUT2D eigenvalue weighted by Crippen LogP contribution is 2.32. The van der Waals surface area contributed by atoms with Crippen molar-refractivity contribution in [1.29, 1.82) is 0 Å². The van der Waals surface area contributed by atoms with Crippen LogP contribution in [0.2, 0.25) is 0 Å². The number of rotatable bonds is 6. The number of fused-ring (bicyclic) bond motifs is 1. The molecule has 1 atom stereocenters. The van der Waals surface area contributed by atoms with Crippen molar-refractivity contribution in [2.24, 2.45) is 0 Å². The van der Waals surface area contributed by atoms with Crippen molar-refractivity contribution in [2.45, 2.75) is 25.9 Å². The van der Waals surface area contributed by atoms with Gasteiger partial charge in [0.1, 0.15) is 5.82 Å². The third kappa shape index (κ3) is 5.00. The minimum Gasteiger partial charge on any atom is -0.369 e. The summed E-state index contributed by atoms with van der Waals surface area (Å²) in [6.45, 7) is 3.47. The van der Waals surface area contributed by atoms with Gasteiger partial charge in [-0.05, 0) is 47.9 Å². The Morgan fingerprint density at radius 1 is 1.12 bits per heavy atom. The monoisotopic (exact) mass is 476 g/mol. The lowest BCUT2D eigenvalue weighted by molar-refractivity contribution is 0.315. The van der Waals surface area contributed by atoms with Crippen LogP contribution in [0.4, 0.5) is 4.39 Å². The molecule has 6 nitrogen and oxygen atoms in total. The van der Waals surface area contributed by atoms with Crippen molar-refractivity contribution in [3.63, 3.8) is 0 Å². The van der Waals surface area contributed by atoms with Gasteiger partial charge < -0.3 is 15.6 Å². The van der Waals surface area contributed by atoms with E-state index in [1.807, 2.05) is 29.0 Å². The second-order valence-electron chi connectivity index (χ2n) is 8.25. The van der Waals surface area contributed by atoms with Crippen molar-refractivity contribution in [2.75, 3.05) is 6.54 Å². The van der Waals surface area contributed by atoms with E-state index < -0.39 is 0 Å². The van der Waals surface area contributed by atoms with Gasteiger partial charge in [0.15, 0.2) is 0 Å². The zero-order chi connectivity index (χ0) is 22.8. The third-order valence-electron chi connectivity index (χ3n) is 5.90. The van der Waals surface area contributed by atoms with Gasteiger partial charge in [0.05, 0.1) is 28.1 Å². The molecule has 5 rings (SSSR count). The zero-order valence-corrected chi connectivity index (χ0v) is 19.7. The molecule has 0 aliphatic carbocycles. The lowest BCUT2D eigenvalue weighted by atomic mass is 10.0. The van der Waals surface area contributed by atoms with Gasteiger partial charge in [0, 0.05) is 50.3 Å². The maximum absolute atomic E-state index is 13.6. The first-order chi connectivity index (χ1) is 16.1. The molecular formula is C26H26ClFN6. The van der Waals surface area contributed by atoms with Crippen LogP contribution in [-0.2, 0) is 13.0 Å². The van der Waals surface area contributed by atoms with Gasteiger partial charge >= 0.3 is 0 Å². The van der Waals surface area contributed by atoms with Crippen LogP contribution in [0.25, 0.3) is 16.6 Å². The topological polar surface area (TPSA) is 81.8 Å². The summed E-state index contributed by atoms with van der Waals surface area (Å²) in [5.41, 5.74) is 5.76. The van der Waals surface area contributed by atoms with Crippen LogP contribution in [0.15, 0.2) is 84.7 Å². The average Bonchev–Trinajstić information content (AvgIpc) is 3.21. The minimum absolute atomic E-state index is 0. The number of imidazole rings is 1. The fourth-order valence-electron chi connectivity index (χ4n) is 4.16. The first kappa shape index (κ1) is 23.6. The van der Waals surface area contributed by atoms with Gasteiger partial charge in [-0.2, -0.15) is 0 Å². The highest BCUT2D eigenvalue weighted by molar-refractivity contribution is 6.37. The maximum Gasteiger partial charge on any atom is 0.123 e. The van der Waals surface area contributed by atoms with E-state index in [1.165, 1.54) is 6.07 Å². The molecule has 1 aliphatic heterocycles. The molecule has 0 fully saturated rings. The molecule has 0 radical (unpaired) electrons. The Morgan fingerprint density at radius 2 is 2.00 bits per heavy atom. The summed E-state index contributed by atoms with van der Waals surface area (Å²) in [6, 6.07) is 13.0. The van der Waals surface area contributed by atoms with Gasteiger partial charge in [-0.15, -0.1) is 0 Å². The van der Waals surface area contributed by atoms with E-state index in [2.05, 4.69) is 38.9 Å². The van der Waals surface area contributed by atoms with Crippen LogP contribution in [0.1, 0.15) is 23.7 Å². The lowest BCUT2D eigenvalue weighted by Crippen LogP contribution is -2.32. The van der Waals surface area contributed by atoms with Gasteiger partial charge in [-0.25, -0.2) is 9.37 Å². The lowest BCUT2D eigenvalue weighted by Gasteiger charge is -2.30. The van der Waals surface area contributed by atoms with Crippen LogP contribution < -0.4 is 6.15 Å². The van der Waals surface area contributed by atoms with Gasteiger partial charge in [0.2, 0.25) is 0 Å². The van der Waals surface area contributed by atoms with Crippen LogP contribution in [0, 0.1) is 5.82 Å². The van der Waals surface area contributed by atoms with E-state index in [0.29, 0.717) is 11.6 Å². The number of allylic oxidation sites excluding steroid dienone is 2. The molecule has 3 N–H and O–H groups in total. The molecule has 0 saturated carbocycles. The predicted molar refractivity (Wildman–Crippen MR) is 134 cm³/mol. The first-order valence-corrected chi connectivity index (χ1v) is 11.2. The van der Waals surface area contributed by atoms with E-state index in [-0.39, 0.29) is 18.0 Å². The molecule has 1 aliphatic rings. The maximum atomic E-state index is 13.6. The Labute approximate surface area is 203 Å². The zero-order valence-electron chi connectivity index (χ0n) is 18.9. The second kappa shape index (κ2) is 10.2. The summed E-state index contributed by atoms with van der Waals surface area (Å²) in [4.78, 5) is 15.2. The molecule has 0 saturated heterocycles. The van der Waals surface area contributed by atoms with Crippen LogP contribution in [0.3, 0.4) is 0 Å². The molecule has 2 aromatic heterocycles. The third-order valence-corrected chi connectivity index (χ3v) is 6.21. The largest absolute Gasteiger partial charge is 0.369 e. The van der Waals surface area contributed by atoms with E-state index in [1.54, 1.807) is 37.1 Å². The summed E-state index contributed by atoms with van der Waals surface area (Å²) in [5.74, 6) is -0.236. The number of nitrogens with zero attached hydrogens (tertiary/aromatic N) is 5. The Morgan fingerprint density at radius 3 is 2.76 bits per heavy atom. The van der Waals surface area contributed by atoms with Crippen molar-refractivity contribution in [3.05, 3.63) is 107 Å². The van der Waals surface area contributed by atoms with E-state index in [4.69, 9.17) is 11.6 Å². The Hall–Kier alpha value is -3.55. The van der Waals surface area contributed by atoms with E-state index >= 15 is 0 Å². The van der Waals surface area contributed by atoms with Crippen molar-refractivity contribution < 1.29 is 4.39 Å². The average molecular weight is 477 g/mol. The van der Waals surface area contributed by atoms with Crippen molar-refractivity contribution in [1.82, 2.24) is 30.6 Å². The summed E-state index contributed by atoms with van der Waals surface area (Å²) in [7, 11) is 0. The fourth-order valence-corrected chi connectivity index (χ4v) is 4.47. The predicted octanol–water partition coefficient (Wildman–Crippen LogP) is 5.59. The summed E-state index contributed by atoms with van der Waals surface area (Å²) in [5, 5.41) is 0.697. The first-order valence-electron chi connectivity index (χ1n) is 10.8. The molecule has 3 heterocycles. The molecule has 1 unspecified atom stereocenters. The van der Waals surface area contributed by atoms with Crippen LogP contribution >= 0.6 is 11.6 Å². The molecule has 34 heavy (non-hydrogen) atoms. The fraction of sp³-hybridized carbons (Fsp3) is 0.192.